The van der Waals surface area contributed by atoms with Crippen LogP contribution >= 0.6 is 0 Å². The van der Waals surface area contributed by atoms with Crippen LogP contribution < -0.4 is 24.8 Å². The van der Waals surface area contributed by atoms with Crippen LogP contribution in [0.4, 0.5) is 4.79 Å². The van der Waals surface area contributed by atoms with Gasteiger partial charge in [0.1, 0.15) is 29.4 Å². The lowest BCUT2D eigenvalue weighted by Crippen LogP contribution is -2.40. The molecule has 1 atom stereocenters. The fourth-order valence-corrected chi connectivity index (χ4v) is 2.75. The summed E-state index contributed by atoms with van der Waals surface area (Å²) in [7, 11) is 3.19. The Morgan fingerprint density at radius 1 is 0.923 bits per heavy atom. The molecule has 1 aliphatic heterocycles. The number of benzene rings is 2. The van der Waals surface area contributed by atoms with Crippen molar-refractivity contribution in [3.05, 3.63) is 53.6 Å². The van der Waals surface area contributed by atoms with Gasteiger partial charge in [-0.05, 0) is 42.3 Å². The Kier molecular flexibility index (Phi) is 4.71. The van der Waals surface area contributed by atoms with Crippen LogP contribution in [0.15, 0.2) is 42.5 Å². The normalized spacial score (nSPS) is 18.9. The molecule has 3 rings (SSSR count). The lowest BCUT2D eigenvalue weighted by Gasteiger charge is -2.21. The van der Waals surface area contributed by atoms with Crippen molar-refractivity contribution in [3.8, 4) is 17.2 Å². The molecule has 2 aromatic carbocycles. The molecule has 1 heterocycles. The van der Waals surface area contributed by atoms with E-state index in [0.717, 1.165) is 5.56 Å². The molecule has 2 N–H and O–H groups in total. The van der Waals surface area contributed by atoms with Crippen molar-refractivity contribution in [1.29, 1.82) is 0 Å². The third kappa shape index (κ3) is 3.42. The minimum Gasteiger partial charge on any atom is -0.497 e. The average Bonchev–Trinajstić information content (AvgIpc) is 2.92. The standard InChI is InChI=1S/C19H20N2O5/c1-19(17(22)20-18(23)21-19)13-4-6-14(7-5-13)26-11-12-8-15(24-2)10-16(9-12)25-3/h4-10H,11H2,1-3H3,(H2,20,21,22,23). The molecule has 1 fully saturated rings. The van der Waals surface area contributed by atoms with Gasteiger partial charge < -0.3 is 19.5 Å². The minimum atomic E-state index is -1.07. The monoisotopic (exact) mass is 356 g/mol. The number of hydrogen-bond acceptors (Lipinski definition) is 5. The van der Waals surface area contributed by atoms with Crippen LogP contribution in [0.25, 0.3) is 0 Å². The fourth-order valence-electron chi connectivity index (χ4n) is 2.75. The van der Waals surface area contributed by atoms with E-state index in [-0.39, 0.29) is 5.91 Å². The molecule has 0 aliphatic carbocycles. The zero-order valence-corrected chi connectivity index (χ0v) is 14.8. The summed E-state index contributed by atoms with van der Waals surface area (Å²) in [4.78, 5) is 23.4. The predicted octanol–water partition coefficient (Wildman–Crippen LogP) is 2.34. The quantitative estimate of drug-likeness (QED) is 0.776. The Morgan fingerprint density at radius 2 is 1.54 bits per heavy atom. The molecule has 0 saturated carbocycles. The molecule has 136 valence electrons. The zero-order chi connectivity index (χ0) is 18.7. The Labute approximate surface area is 151 Å². The van der Waals surface area contributed by atoms with Gasteiger partial charge in [-0.25, -0.2) is 4.79 Å². The van der Waals surface area contributed by atoms with Crippen molar-refractivity contribution >= 4 is 11.9 Å². The van der Waals surface area contributed by atoms with Gasteiger partial charge in [0.2, 0.25) is 0 Å². The number of methoxy groups -OCH3 is 2. The minimum absolute atomic E-state index is 0.335. The molecule has 0 radical (unpaired) electrons. The van der Waals surface area contributed by atoms with Gasteiger partial charge in [-0.1, -0.05) is 12.1 Å². The summed E-state index contributed by atoms with van der Waals surface area (Å²) in [6.45, 7) is 1.99. The summed E-state index contributed by atoms with van der Waals surface area (Å²) in [5.41, 5.74) is 0.506. The van der Waals surface area contributed by atoms with Crippen molar-refractivity contribution in [3.63, 3.8) is 0 Å². The highest BCUT2D eigenvalue weighted by Gasteiger charge is 2.43. The highest BCUT2D eigenvalue weighted by atomic mass is 16.5. The van der Waals surface area contributed by atoms with E-state index in [1.807, 2.05) is 12.1 Å². The van der Waals surface area contributed by atoms with Crippen molar-refractivity contribution in [2.75, 3.05) is 14.2 Å². The zero-order valence-electron chi connectivity index (χ0n) is 14.8. The lowest BCUT2D eigenvalue weighted by molar-refractivity contribution is -0.123. The van der Waals surface area contributed by atoms with E-state index in [4.69, 9.17) is 14.2 Å². The number of nitrogens with one attached hydrogen (secondary N) is 2. The summed E-state index contributed by atoms with van der Waals surface area (Å²) < 4.78 is 16.3. The number of urea groups is 1. The molecule has 1 aliphatic rings. The van der Waals surface area contributed by atoms with Crippen LogP contribution in [0, 0.1) is 0 Å². The Bertz CT molecular complexity index is 812. The molecular weight excluding hydrogens is 336 g/mol. The van der Waals surface area contributed by atoms with Gasteiger partial charge >= 0.3 is 6.03 Å². The predicted molar refractivity (Wildman–Crippen MR) is 94.3 cm³/mol. The van der Waals surface area contributed by atoms with Crippen molar-refractivity contribution in [2.24, 2.45) is 0 Å². The molecular formula is C19H20N2O5. The number of imide groups is 1. The molecule has 0 spiro atoms. The maximum absolute atomic E-state index is 12.0. The number of carbonyl (C=O) groups excluding carboxylic acids is 2. The largest absolute Gasteiger partial charge is 0.497 e. The molecule has 7 nitrogen and oxygen atoms in total. The van der Waals surface area contributed by atoms with E-state index >= 15 is 0 Å². The van der Waals surface area contributed by atoms with Gasteiger partial charge in [-0.3, -0.25) is 10.1 Å². The molecule has 0 aromatic heterocycles. The van der Waals surface area contributed by atoms with E-state index < -0.39 is 11.6 Å². The van der Waals surface area contributed by atoms with E-state index in [1.54, 1.807) is 51.5 Å². The van der Waals surface area contributed by atoms with Crippen LogP contribution in [0.3, 0.4) is 0 Å². The third-order valence-electron chi connectivity index (χ3n) is 4.29. The van der Waals surface area contributed by atoms with E-state index in [2.05, 4.69) is 10.6 Å². The molecule has 7 heteroatoms. The number of amides is 3. The summed E-state index contributed by atoms with van der Waals surface area (Å²) in [5.74, 6) is 1.65. The second-order valence-corrected chi connectivity index (χ2v) is 6.07. The SMILES string of the molecule is COc1cc(COc2ccc(C3(C)NC(=O)NC3=O)cc2)cc(OC)c1. The number of carbonyl (C=O) groups is 2. The van der Waals surface area contributed by atoms with Crippen LogP contribution in [0.2, 0.25) is 0 Å². The first-order chi connectivity index (χ1) is 12.4. The summed E-state index contributed by atoms with van der Waals surface area (Å²) >= 11 is 0. The molecule has 1 unspecified atom stereocenters. The smallest absolute Gasteiger partial charge is 0.322 e. The molecule has 2 aromatic rings. The third-order valence-corrected chi connectivity index (χ3v) is 4.29. The van der Waals surface area contributed by atoms with E-state index in [9.17, 15) is 9.59 Å². The second kappa shape index (κ2) is 6.95. The Hall–Kier alpha value is -3.22. The van der Waals surface area contributed by atoms with Crippen LogP contribution in [0.5, 0.6) is 17.2 Å². The first-order valence-corrected chi connectivity index (χ1v) is 8.03. The molecule has 3 amide bonds. The van der Waals surface area contributed by atoms with E-state index in [1.165, 1.54) is 0 Å². The molecule has 0 bridgehead atoms. The average molecular weight is 356 g/mol. The Morgan fingerprint density at radius 3 is 2.04 bits per heavy atom. The van der Waals surface area contributed by atoms with Crippen molar-refractivity contribution < 1.29 is 23.8 Å². The van der Waals surface area contributed by atoms with Crippen LogP contribution in [0.1, 0.15) is 18.1 Å². The van der Waals surface area contributed by atoms with Gasteiger partial charge in [0.15, 0.2) is 0 Å². The number of ether oxygens (including phenoxy) is 3. The molecule has 1 saturated heterocycles. The van der Waals surface area contributed by atoms with Gasteiger partial charge in [-0.2, -0.15) is 0 Å². The van der Waals surface area contributed by atoms with Gasteiger partial charge in [0, 0.05) is 6.07 Å². The van der Waals surface area contributed by atoms with Gasteiger partial charge in [0.25, 0.3) is 5.91 Å². The summed E-state index contributed by atoms with van der Waals surface area (Å²) in [5, 5.41) is 4.88. The van der Waals surface area contributed by atoms with Crippen LogP contribution in [-0.2, 0) is 16.9 Å². The number of hydrogen-bond donors (Lipinski definition) is 2. The summed E-state index contributed by atoms with van der Waals surface area (Å²) in [6.07, 6.45) is 0. The Balaban J connectivity index is 1.71. The summed E-state index contributed by atoms with van der Waals surface area (Å²) in [6, 6.07) is 12.1. The maximum atomic E-state index is 12.0. The van der Waals surface area contributed by atoms with Crippen LogP contribution in [-0.4, -0.2) is 26.2 Å². The first kappa shape index (κ1) is 17.6. The first-order valence-electron chi connectivity index (χ1n) is 8.03. The number of rotatable bonds is 6. The fraction of sp³-hybridized carbons (Fsp3) is 0.263. The lowest BCUT2D eigenvalue weighted by atomic mass is 9.92. The van der Waals surface area contributed by atoms with Crippen molar-refractivity contribution in [1.82, 2.24) is 10.6 Å². The van der Waals surface area contributed by atoms with Crippen molar-refractivity contribution in [2.45, 2.75) is 19.1 Å². The maximum Gasteiger partial charge on any atom is 0.322 e. The topological polar surface area (TPSA) is 85.9 Å². The van der Waals surface area contributed by atoms with Gasteiger partial charge in [-0.15, -0.1) is 0 Å². The van der Waals surface area contributed by atoms with Gasteiger partial charge in [0.05, 0.1) is 14.2 Å². The highest BCUT2D eigenvalue weighted by Crippen LogP contribution is 2.27. The second-order valence-electron chi connectivity index (χ2n) is 6.07. The molecule has 26 heavy (non-hydrogen) atoms. The van der Waals surface area contributed by atoms with E-state index in [0.29, 0.717) is 29.4 Å². The highest BCUT2D eigenvalue weighted by molar-refractivity contribution is 6.07.